The molecule has 4 rings (SSSR count). The van der Waals surface area contributed by atoms with E-state index in [0.717, 1.165) is 29.3 Å². The second-order valence-corrected chi connectivity index (χ2v) is 8.19. The first-order chi connectivity index (χ1) is 9.81. The molecule has 1 N–H and O–H groups in total. The van der Waals surface area contributed by atoms with Gasteiger partial charge in [-0.25, -0.2) is 0 Å². The van der Waals surface area contributed by atoms with Crippen molar-refractivity contribution in [1.82, 2.24) is 10.2 Å². The van der Waals surface area contributed by atoms with Crippen LogP contribution in [0.15, 0.2) is 0 Å². The second-order valence-electron chi connectivity index (χ2n) is 8.19. The summed E-state index contributed by atoms with van der Waals surface area (Å²) in [5.74, 6) is 1.92. The van der Waals surface area contributed by atoms with Crippen molar-refractivity contribution in [3.05, 3.63) is 0 Å². The molecule has 2 nitrogen and oxygen atoms in total. The molecule has 4 aliphatic rings. The molecule has 2 aliphatic carbocycles. The van der Waals surface area contributed by atoms with Gasteiger partial charge in [-0.05, 0) is 75.3 Å². The van der Waals surface area contributed by atoms with Gasteiger partial charge in [0.1, 0.15) is 0 Å². The van der Waals surface area contributed by atoms with Gasteiger partial charge in [0, 0.05) is 18.6 Å². The molecule has 3 atom stereocenters. The third-order valence-corrected chi connectivity index (χ3v) is 7.32. The van der Waals surface area contributed by atoms with E-state index < -0.39 is 0 Å². The zero-order valence-corrected chi connectivity index (χ0v) is 13.2. The summed E-state index contributed by atoms with van der Waals surface area (Å²) in [6, 6.07) is 1.81. The van der Waals surface area contributed by atoms with Crippen molar-refractivity contribution in [1.29, 1.82) is 0 Å². The van der Waals surface area contributed by atoms with Gasteiger partial charge in [-0.3, -0.25) is 4.90 Å². The van der Waals surface area contributed by atoms with Crippen LogP contribution in [-0.2, 0) is 0 Å². The van der Waals surface area contributed by atoms with Gasteiger partial charge in [0.15, 0.2) is 0 Å². The summed E-state index contributed by atoms with van der Waals surface area (Å²) < 4.78 is 0. The minimum atomic E-state index is 0.801. The fraction of sp³-hybridized carbons (Fsp3) is 1.00. The minimum absolute atomic E-state index is 0.801. The lowest BCUT2D eigenvalue weighted by Crippen LogP contribution is -2.45. The highest BCUT2D eigenvalue weighted by molar-refractivity contribution is 5.02. The van der Waals surface area contributed by atoms with Crippen LogP contribution in [0.3, 0.4) is 0 Å². The molecular formula is C18H32N2. The molecule has 114 valence electrons. The highest BCUT2D eigenvalue weighted by Gasteiger charge is 2.47. The molecule has 2 heterocycles. The number of nitrogens with one attached hydrogen (secondary N) is 1. The van der Waals surface area contributed by atoms with Crippen LogP contribution >= 0.6 is 0 Å². The van der Waals surface area contributed by atoms with E-state index in [1.807, 2.05) is 0 Å². The predicted octanol–water partition coefficient (Wildman–Crippen LogP) is 3.42. The molecule has 1 spiro atoms. The largest absolute Gasteiger partial charge is 0.316 e. The number of rotatable bonds is 2. The molecular weight excluding hydrogens is 244 g/mol. The molecule has 0 aromatic rings. The molecule has 0 bridgehead atoms. The number of nitrogens with zero attached hydrogens (tertiary/aromatic N) is 1. The first-order valence-corrected chi connectivity index (χ1v) is 9.28. The molecule has 0 aromatic heterocycles. The van der Waals surface area contributed by atoms with Gasteiger partial charge < -0.3 is 5.32 Å². The summed E-state index contributed by atoms with van der Waals surface area (Å²) in [6.07, 6.45) is 13.6. The fourth-order valence-electron chi connectivity index (χ4n) is 6.18. The maximum absolute atomic E-state index is 3.62. The van der Waals surface area contributed by atoms with E-state index in [0.29, 0.717) is 0 Å². The summed E-state index contributed by atoms with van der Waals surface area (Å²) in [5, 5.41) is 3.62. The lowest BCUT2D eigenvalue weighted by atomic mass is 9.71. The zero-order chi connectivity index (χ0) is 13.6. The lowest BCUT2D eigenvalue weighted by molar-refractivity contribution is 0.0730. The third-order valence-electron chi connectivity index (χ3n) is 7.32. The maximum Gasteiger partial charge on any atom is 0.0140 e. The normalized spacial score (nSPS) is 41.5. The van der Waals surface area contributed by atoms with Gasteiger partial charge in [-0.2, -0.15) is 0 Å². The van der Waals surface area contributed by atoms with E-state index in [2.05, 4.69) is 17.1 Å². The van der Waals surface area contributed by atoms with Gasteiger partial charge in [0.05, 0.1) is 0 Å². The van der Waals surface area contributed by atoms with Crippen molar-refractivity contribution in [3.8, 4) is 0 Å². The van der Waals surface area contributed by atoms with Gasteiger partial charge in [-0.1, -0.05) is 19.8 Å². The van der Waals surface area contributed by atoms with Gasteiger partial charge in [0.2, 0.25) is 0 Å². The summed E-state index contributed by atoms with van der Waals surface area (Å²) in [5.41, 5.74) is 0.801. The van der Waals surface area contributed by atoms with E-state index in [-0.39, 0.29) is 0 Å². The number of likely N-dealkylation sites (tertiary alicyclic amines) is 1. The van der Waals surface area contributed by atoms with Crippen LogP contribution < -0.4 is 5.32 Å². The van der Waals surface area contributed by atoms with E-state index in [1.165, 1.54) is 64.6 Å². The van der Waals surface area contributed by atoms with E-state index in [9.17, 15) is 0 Å². The predicted molar refractivity (Wildman–Crippen MR) is 83.8 cm³/mol. The summed E-state index contributed by atoms with van der Waals surface area (Å²) in [6.45, 7) is 6.39. The van der Waals surface area contributed by atoms with Crippen LogP contribution in [0.5, 0.6) is 0 Å². The Hall–Kier alpha value is -0.0800. The Balaban J connectivity index is 1.41. The summed E-state index contributed by atoms with van der Waals surface area (Å²) >= 11 is 0. The molecule has 0 radical (unpaired) electrons. The van der Waals surface area contributed by atoms with Crippen molar-refractivity contribution < 1.29 is 0 Å². The Morgan fingerprint density at radius 3 is 2.50 bits per heavy atom. The highest BCUT2D eigenvalue weighted by Crippen LogP contribution is 2.50. The molecule has 2 heteroatoms. The second kappa shape index (κ2) is 5.28. The molecule has 2 aliphatic heterocycles. The molecule has 4 fully saturated rings. The van der Waals surface area contributed by atoms with Gasteiger partial charge >= 0.3 is 0 Å². The van der Waals surface area contributed by atoms with E-state index >= 15 is 0 Å². The number of hydrogen-bond donors (Lipinski definition) is 1. The number of fused-ring (bicyclic) bond motifs is 1. The first kappa shape index (κ1) is 13.6. The Morgan fingerprint density at radius 2 is 1.80 bits per heavy atom. The van der Waals surface area contributed by atoms with Crippen LogP contribution in [0.2, 0.25) is 0 Å². The van der Waals surface area contributed by atoms with Gasteiger partial charge in [-0.15, -0.1) is 0 Å². The monoisotopic (exact) mass is 276 g/mol. The van der Waals surface area contributed by atoms with Crippen molar-refractivity contribution in [2.24, 2.45) is 17.3 Å². The molecule has 20 heavy (non-hydrogen) atoms. The Bertz CT molecular complexity index is 337. The number of hydrogen-bond acceptors (Lipinski definition) is 2. The van der Waals surface area contributed by atoms with Crippen molar-refractivity contribution in [2.75, 3.05) is 19.6 Å². The molecule has 2 saturated heterocycles. The fourth-order valence-corrected chi connectivity index (χ4v) is 6.18. The van der Waals surface area contributed by atoms with Crippen molar-refractivity contribution in [2.45, 2.75) is 76.8 Å². The lowest BCUT2D eigenvalue weighted by Gasteiger charge is -2.43. The van der Waals surface area contributed by atoms with Crippen LogP contribution in [0.1, 0.15) is 64.7 Å². The first-order valence-electron chi connectivity index (χ1n) is 9.28. The van der Waals surface area contributed by atoms with Crippen molar-refractivity contribution in [3.63, 3.8) is 0 Å². The highest BCUT2D eigenvalue weighted by atomic mass is 15.2. The third kappa shape index (κ3) is 2.14. The average molecular weight is 276 g/mol. The average Bonchev–Trinajstić information content (AvgIpc) is 3.15. The summed E-state index contributed by atoms with van der Waals surface area (Å²) in [7, 11) is 0. The quantitative estimate of drug-likeness (QED) is 0.831. The molecule has 2 saturated carbocycles. The van der Waals surface area contributed by atoms with E-state index in [4.69, 9.17) is 0 Å². The molecule has 3 unspecified atom stereocenters. The van der Waals surface area contributed by atoms with Gasteiger partial charge in [0.25, 0.3) is 0 Å². The maximum atomic E-state index is 3.62. The standard InChI is InChI=1S/C18H32N2/c1-2-17-16-12-19-11-14(16)13-20(17)15-5-9-18(10-6-15)7-3-4-8-18/h14-17,19H,2-13H2,1H3. The van der Waals surface area contributed by atoms with Crippen molar-refractivity contribution >= 4 is 0 Å². The molecule has 0 aromatic carbocycles. The SMILES string of the molecule is CCC1C2CNCC2CN1C1CCC2(CCCC2)CC1. The molecule has 0 amide bonds. The Morgan fingerprint density at radius 1 is 1.05 bits per heavy atom. The van der Waals surface area contributed by atoms with Crippen LogP contribution in [-0.4, -0.2) is 36.6 Å². The summed E-state index contributed by atoms with van der Waals surface area (Å²) in [4.78, 5) is 2.96. The Kier molecular flexibility index (Phi) is 3.58. The zero-order valence-electron chi connectivity index (χ0n) is 13.2. The topological polar surface area (TPSA) is 15.3 Å². The minimum Gasteiger partial charge on any atom is -0.316 e. The van der Waals surface area contributed by atoms with Crippen LogP contribution in [0.4, 0.5) is 0 Å². The smallest absolute Gasteiger partial charge is 0.0140 e. The van der Waals surface area contributed by atoms with Crippen LogP contribution in [0, 0.1) is 17.3 Å². The van der Waals surface area contributed by atoms with E-state index in [1.54, 1.807) is 12.8 Å². The Labute approximate surface area is 124 Å². The van der Waals surface area contributed by atoms with Crippen LogP contribution in [0.25, 0.3) is 0 Å².